The molecule has 0 fully saturated rings. The average molecular weight is 195 g/mol. The summed E-state index contributed by atoms with van der Waals surface area (Å²) in [5.74, 6) is 0. The highest BCUT2D eigenvalue weighted by molar-refractivity contribution is 5.61. The SMILES string of the molecule is c1cncc(-c2cn3ccccc3n2)c1. The van der Waals surface area contributed by atoms with E-state index in [9.17, 15) is 0 Å². The fourth-order valence-corrected chi connectivity index (χ4v) is 1.59. The molecule has 0 atom stereocenters. The minimum Gasteiger partial charge on any atom is -0.306 e. The van der Waals surface area contributed by atoms with E-state index in [2.05, 4.69) is 9.97 Å². The quantitative estimate of drug-likeness (QED) is 0.596. The minimum atomic E-state index is 0.953. The van der Waals surface area contributed by atoms with Gasteiger partial charge in [-0.15, -0.1) is 0 Å². The van der Waals surface area contributed by atoms with Crippen LogP contribution in [0.1, 0.15) is 0 Å². The zero-order valence-corrected chi connectivity index (χ0v) is 8.04. The number of hydrogen-bond acceptors (Lipinski definition) is 2. The summed E-state index contributed by atoms with van der Waals surface area (Å²) in [6, 6.07) is 9.88. The van der Waals surface area contributed by atoms with Crippen LogP contribution >= 0.6 is 0 Å². The Hall–Kier alpha value is -2.16. The Morgan fingerprint density at radius 2 is 2.07 bits per heavy atom. The molecule has 0 spiro atoms. The van der Waals surface area contributed by atoms with Gasteiger partial charge >= 0.3 is 0 Å². The summed E-state index contributed by atoms with van der Waals surface area (Å²) >= 11 is 0. The van der Waals surface area contributed by atoms with Gasteiger partial charge in [0.2, 0.25) is 0 Å². The molecule has 0 saturated heterocycles. The van der Waals surface area contributed by atoms with Crippen LogP contribution in [0.25, 0.3) is 16.9 Å². The molecule has 0 radical (unpaired) electrons. The highest BCUT2D eigenvalue weighted by Gasteiger charge is 2.02. The van der Waals surface area contributed by atoms with Crippen LogP contribution in [0.5, 0.6) is 0 Å². The van der Waals surface area contributed by atoms with Gasteiger partial charge in [-0.05, 0) is 24.3 Å². The van der Waals surface area contributed by atoms with E-state index in [-0.39, 0.29) is 0 Å². The molecule has 0 aliphatic rings. The van der Waals surface area contributed by atoms with Gasteiger partial charge in [-0.3, -0.25) is 4.98 Å². The lowest BCUT2D eigenvalue weighted by Gasteiger charge is -1.91. The largest absolute Gasteiger partial charge is 0.306 e. The second-order valence-electron chi connectivity index (χ2n) is 3.33. The molecule has 3 rings (SSSR count). The molecule has 3 heterocycles. The summed E-state index contributed by atoms with van der Waals surface area (Å²) < 4.78 is 2.00. The van der Waals surface area contributed by atoms with Gasteiger partial charge in [-0.2, -0.15) is 0 Å². The maximum absolute atomic E-state index is 4.51. The summed E-state index contributed by atoms with van der Waals surface area (Å²) in [4.78, 5) is 8.59. The molecule has 15 heavy (non-hydrogen) atoms. The normalized spacial score (nSPS) is 10.7. The van der Waals surface area contributed by atoms with Crippen LogP contribution in [0.4, 0.5) is 0 Å². The summed E-state index contributed by atoms with van der Waals surface area (Å²) in [7, 11) is 0. The van der Waals surface area contributed by atoms with Gasteiger partial charge in [0.1, 0.15) is 5.65 Å². The second kappa shape index (κ2) is 3.20. The van der Waals surface area contributed by atoms with Crippen molar-refractivity contribution < 1.29 is 0 Å². The first-order valence-electron chi connectivity index (χ1n) is 4.77. The lowest BCUT2D eigenvalue weighted by Crippen LogP contribution is -1.77. The van der Waals surface area contributed by atoms with E-state index in [1.54, 1.807) is 6.20 Å². The number of hydrogen-bond donors (Lipinski definition) is 0. The van der Waals surface area contributed by atoms with Crippen molar-refractivity contribution in [2.24, 2.45) is 0 Å². The molecule has 0 N–H and O–H groups in total. The second-order valence-corrected chi connectivity index (χ2v) is 3.33. The molecule has 0 amide bonds. The summed E-state index contributed by atoms with van der Waals surface area (Å²) in [5, 5.41) is 0. The standard InChI is InChI=1S/C12H9N3/c1-2-7-15-9-11(14-12(15)5-1)10-4-3-6-13-8-10/h1-9H. The fourth-order valence-electron chi connectivity index (χ4n) is 1.59. The first-order valence-corrected chi connectivity index (χ1v) is 4.77. The smallest absolute Gasteiger partial charge is 0.137 e. The molecule has 0 unspecified atom stereocenters. The Labute approximate surface area is 87.0 Å². The van der Waals surface area contributed by atoms with Gasteiger partial charge in [0.15, 0.2) is 0 Å². The first kappa shape index (κ1) is 8.17. The number of rotatable bonds is 1. The molecule has 72 valence electrons. The van der Waals surface area contributed by atoms with Gasteiger partial charge in [0.25, 0.3) is 0 Å². The average Bonchev–Trinajstić information content (AvgIpc) is 2.74. The maximum Gasteiger partial charge on any atom is 0.137 e. The molecule has 0 aliphatic heterocycles. The Balaban J connectivity index is 2.21. The first-order chi connectivity index (χ1) is 7.43. The van der Waals surface area contributed by atoms with Crippen LogP contribution < -0.4 is 0 Å². The predicted octanol–water partition coefficient (Wildman–Crippen LogP) is 2.40. The molecule has 3 aromatic rings. The molecular formula is C12H9N3. The Morgan fingerprint density at radius 1 is 1.07 bits per heavy atom. The van der Waals surface area contributed by atoms with Crippen LogP contribution in [0, 0.1) is 0 Å². The predicted molar refractivity (Wildman–Crippen MR) is 58.4 cm³/mol. The van der Waals surface area contributed by atoms with Gasteiger partial charge in [0, 0.05) is 30.4 Å². The molecule has 3 nitrogen and oxygen atoms in total. The van der Waals surface area contributed by atoms with Crippen molar-refractivity contribution in [1.82, 2.24) is 14.4 Å². The topological polar surface area (TPSA) is 30.2 Å². The number of nitrogens with zero attached hydrogens (tertiary/aromatic N) is 3. The number of imidazole rings is 1. The Bertz CT molecular complexity index is 551. The third-order valence-electron chi connectivity index (χ3n) is 2.32. The van der Waals surface area contributed by atoms with Crippen LogP contribution in [0.2, 0.25) is 0 Å². The van der Waals surface area contributed by atoms with E-state index >= 15 is 0 Å². The van der Waals surface area contributed by atoms with E-state index in [4.69, 9.17) is 0 Å². The van der Waals surface area contributed by atoms with E-state index in [0.29, 0.717) is 0 Å². The van der Waals surface area contributed by atoms with Crippen LogP contribution in [-0.2, 0) is 0 Å². The molecule has 3 aromatic heterocycles. The van der Waals surface area contributed by atoms with Crippen molar-refractivity contribution >= 4 is 5.65 Å². The lowest BCUT2D eigenvalue weighted by molar-refractivity contribution is 1.19. The lowest BCUT2D eigenvalue weighted by atomic mass is 10.2. The van der Waals surface area contributed by atoms with Crippen molar-refractivity contribution in [2.45, 2.75) is 0 Å². The van der Waals surface area contributed by atoms with Gasteiger partial charge in [-0.1, -0.05) is 6.07 Å². The summed E-state index contributed by atoms with van der Waals surface area (Å²) in [6.07, 6.45) is 7.58. The Kier molecular flexibility index (Phi) is 1.75. The van der Waals surface area contributed by atoms with Gasteiger partial charge in [0.05, 0.1) is 5.69 Å². The number of fused-ring (bicyclic) bond motifs is 1. The van der Waals surface area contributed by atoms with E-state index < -0.39 is 0 Å². The zero-order valence-electron chi connectivity index (χ0n) is 8.04. The molecular weight excluding hydrogens is 186 g/mol. The highest BCUT2D eigenvalue weighted by Crippen LogP contribution is 2.17. The summed E-state index contributed by atoms with van der Waals surface area (Å²) in [5.41, 5.74) is 2.95. The Morgan fingerprint density at radius 3 is 2.87 bits per heavy atom. The van der Waals surface area contributed by atoms with Gasteiger partial charge < -0.3 is 4.40 Å². The third kappa shape index (κ3) is 1.38. The van der Waals surface area contributed by atoms with E-state index in [1.807, 2.05) is 53.3 Å². The van der Waals surface area contributed by atoms with Crippen LogP contribution in [-0.4, -0.2) is 14.4 Å². The molecule has 3 heteroatoms. The molecule has 0 aromatic carbocycles. The number of aromatic nitrogens is 3. The molecule has 0 saturated carbocycles. The summed E-state index contributed by atoms with van der Waals surface area (Å²) in [6.45, 7) is 0. The van der Waals surface area contributed by atoms with Crippen molar-refractivity contribution in [3.05, 3.63) is 55.1 Å². The fraction of sp³-hybridized carbons (Fsp3) is 0. The van der Waals surface area contributed by atoms with Gasteiger partial charge in [-0.25, -0.2) is 4.98 Å². The third-order valence-corrected chi connectivity index (χ3v) is 2.32. The maximum atomic E-state index is 4.51. The molecule has 0 aliphatic carbocycles. The number of pyridine rings is 2. The van der Waals surface area contributed by atoms with Crippen molar-refractivity contribution in [3.63, 3.8) is 0 Å². The van der Waals surface area contributed by atoms with Crippen LogP contribution in [0.15, 0.2) is 55.1 Å². The molecule has 0 bridgehead atoms. The van der Waals surface area contributed by atoms with Crippen LogP contribution in [0.3, 0.4) is 0 Å². The van der Waals surface area contributed by atoms with E-state index in [1.165, 1.54) is 0 Å². The monoisotopic (exact) mass is 195 g/mol. The zero-order chi connectivity index (χ0) is 10.1. The van der Waals surface area contributed by atoms with Crippen molar-refractivity contribution in [3.8, 4) is 11.3 Å². The minimum absolute atomic E-state index is 0.953. The highest BCUT2D eigenvalue weighted by atomic mass is 15.0. The van der Waals surface area contributed by atoms with Crippen molar-refractivity contribution in [2.75, 3.05) is 0 Å². The van der Waals surface area contributed by atoms with Crippen molar-refractivity contribution in [1.29, 1.82) is 0 Å². The van der Waals surface area contributed by atoms with E-state index in [0.717, 1.165) is 16.9 Å².